The van der Waals surface area contributed by atoms with Crippen LogP contribution >= 0.6 is 11.3 Å². The van der Waals surface area contributed by atoms with Crippen LogP contribution in [0, 0.1) is 13.8 Å². The summed E-state index contributed by atoms with van der Waals surface area (Å²) in [6.45, 7) is 6.32. The van der Waals surface area contributed by atoms with Crippen LogP contribution in [0.5, 0.6) is 0 Å². The number of nitrogens with zero attached hydrogens (tertiary/aromatic N) is 1. The van der Waals surface area contributed by atoms with E-state index in [0.717, 1.165) is 30.0 Å². The summed E-state index contributed by atoms with van der Waals surface area (Å²) in [4.78, 5) is 5.72. The zero-order valence-corrected chi connectivity index (χ0v) is 11.4. The molecule has 0 bridgehead atoms. The molecule has 0 aliphatic rings. The highest BCUT2D eigenvalue weighted by molar-refractivity contribution is 7.11. The SMILES string of the molecule is CCCCCCC(O)Cc1nc(C)c(C)s1. The average Bonchev–Trinajstić information content (AvgIpc) is 2.53. The van der Waals surface area contributed by atoms with Gasteiger partial charge in [0.1, 0.15) is 0 Å². The summed E-state index contributed by atoms with van der Waals surface area (Å²) in [5.41, 5.74) is 1.11. The van der Waals surface area contributed by atoms with Gasteiger partial charge in [0, 0.05) is 11.3 Å². The van der Waals surface area contributed by atoms with Gasteiger partial charge in [-0.05, 0) is 20.3 Å². The molecule has 1 heterocycles. The summed E-state index contributed by atoms with van der Waals surface area (Å²) in [5.74, 6) is 0. The lowest BCUT2D eigenvalue weighted by atomic mass is 10.1. The molecule has 1 unspecified atom stereocenters. The molecule has 0 fully saturated rings. The number of hydrogen-bond acceptors (Lipinski definition) is 3. The Hall–Kier alpha value is -0.410. The Bertz CT molecular complexity index is 289. The molecule has 0 saturated heterocycles. The predicted octanol–water partition coefficient (Wildman–Crippen LogP) is 3.63. The van der Waals surface area contributed by atoms with Crippen LogP contribution in [0.2, 0.25) is 0 Å². The van der Waals surface area contributed by atoms with E-state index in [0.29, 0.717) is 0 Å². The molecule has 0 aliphatic carbocycles. The van der Waals surface area contributed by atoms with Crippen molar-refractivity contribution in [2.75, 3.05) is 0 Å². The van der Waals surface area contributed by atoms with Crippen molar-refractivity contribution in [1.29, 1.82) is 0 Å². The minimum Gasteiger partial charge on any atom is -0.393 e. The van der Waals surface area contributed by atoms with Crippen molar-refractivity contribution in [2.45, 2.75) is 65.4 Å². The smallest absolute Gasteiger partial charge is 0.0956 e. The first-order valence-corrected chi connectivity index (χ1v) is 7.06. The summed E-state index contributed by atoms with van der Waals surface area (Å²) in [5, 5.41) is 11.0. The molecular formula is C13H23NOS. The van der Waals surface area contributed by atoms with Crippen molar-refractivity contribution in [3.63, 3.8) is 0 Å². The van der Waals surface area contributed by atoms with Gasteiger partial charge in [-0.3, -0.25) is 0 Å². The van der Waals surface area contributed by atoms with Crippen molar-refractivity contribution in [3.05, 3.63) is 15.6 Å². The number of unbranched alkanes of at least 4 members (excludes halogenated alkanes) is 3. The highest BCUT2D eigenvalue weighted by atomic mass is 32.1. The molecule has 1 aromatic heterocycles. The Morgan fingerprint density at radius 2 is 2.00 bits per heavy atom. The molecule has 92 valence electrons. The van der Waals surface area contributed by atoms with Gasteiger partial charge in [-0.2, -0.15) is 0 Å². The van der Waals surface area contributed by atoms with Crippen LogP contribution in [0.3, 0.4) is 0 Å². The summed E-state index contributed by atoms with van der Waals surface area (Å²) < 4.78 is 0. The van der Waals surface area contributed by atoms with Gasteiger partial charge in [0.25, 0.3) is 0 Å². The number of aliphatic hydroxyl groups excluding tert-OH is 1. The Kier molecular flexibility index (Phi) is 5.99. The first-order valence-electron chi connectivity index (χ1n) is 6.24. The van der Waals surface area contributed by atoms with E-state index in [1.54, 1.807) is 11.3 Å². The van der Waals surface area contributed by atoms with Crippen molar-refractivity contribution in [2.24, 2.45) is 0 Å². The highest BCUT2D eigenvalue weighted by Gasteiger charge is 2.09. The Morgan fingerprint density at radius 1 is 1.25 bits per heavy atom. The van der Waals surface area contributed by atoms with E-state index in [9.17, 15) is 5.11 Å². The standard InChI is InChI=1S/C13H23NOS/c1-4-5-6-7-8-12(15)9-13-14-10(2)11(3)16-13/h12,15H,4-9H2,1-3H3. The molecule has 1 atom stereocenters. The van der Waals surface area contributed by atoms with E-state index in [-0.39, 0.29) is 6.10 Å². The van der Waals surface area contributed by atoms with Crippen LogP contribution in [-0.2, 0) is 6.42 Å². The average molecular weight is 241 g/mol. The lowest BCUT2D eigenvalue weighted by Gasteiger charge is -2.07. The fourth-order valence-corrected chi connectivity index (χ4v) is 2.74. The third-order valence-corrected chi connectivity index (χ3v) is 3.97. The summed E-state index contributed by atoms with van der Waals surface area (Å²) in [6.07, 6.45) is 6.34. The molecule has 0 aromatic carbocycles. The van der Waals surface area contributed by atoms with Crippen molar-refractivity contribution in [1.82, 2.24) is 4.98 Å². The Labute approximate surface area is 103 Å². The third-order valence-electron chi connectivity index (χ3n) is 2.87. The van der Waals surface area contributed by atoms with Crippen LogP contribution in [0.4, 0.5) is 0 Å². The van der Waals surface area contributed by atoms with Crippen LogP contribution in [0.1, 0.15) is 54.6 Å². The van der Waals surface area contributed by atoms with E-state index in [1.165, 1.54) is 24.1 Å². The summed E-state index contributed by atoms with van der Waals surface area (Å²) >= 11 is 1.72. The van der Waals surface area contributed by atoms with E-state index in [4.69, 9.17) is 0 Å². The van der Waals surface area contributed by atoms with E-state index in [2.05, 4.69) is 18.8 Å². The van der Waals surface area contributed by atoms with Gasteiger partial charge >= 0.3 is 0 Å². The highest BCUT2D eigenvalue weighted by Crippen LogP contribution is 2.19. The Morgan fingerprint density at radius 3 is 2.56 bits per heavy atom. The zero-order valence-electron chi connectivity index (χ0n) is 10.6. The minimum absolute atomic E-state index is 0.207. The summed E-state index contributed by atoms with van der Waals surface area (Å²) in [7, 11) is 0. The molecule has 0 saturated carbocycles. The normalized spacial score (nSPS) is 13.0. The largest absolute Gasteiger partial charge is 0.393 e. The van der Waals surface area contributed by atoms with Crippen LogP contribution in [0.15, 0.2) is 0 Å². The molecule has 0 amide bonds. The quantitative estimate of drug-likeness (QED) is 0.739. The lowest BCUT2D eigenvalue weighted by Crippen LogP contribution is -2.10. The second-order valence-corrected chi connectivity index (χ2v) is 5.74. The third kappa shape index (κ3) is 4.62. The van der Waals surface area contributed by atoms with Crippen LogP contribution in [-0.4, -0.2) is 16.2 Å². The molecule has 3 heteroatoms. The first-order chi connectivity index (χ1) is 7.63. The maximum absolute atomic E-state index is 9.87. The number of aromatic nitrogens is 1. The van der Waals surface area contributed by atoms with E-state index < -0.39 is 0 Å². The van der Waals surface area contributed by atoms with Crippen LogP contribution < -0.4 is 0 Å². The van der Waals surface area contributed by atoms with Gasteiger partial charge in [-0.25, -0.2) is 4.98 Å². The monoisotopic (exact) mass is 241 g/mol. The van der Waals surface area contributed by atoms with Crippen molar-refractivity contribution in [3.8, 4) is 0 Å². The van der Waals surface area contributed by atoms with Gasteiger partial charge in [-0.1, -0.05) is 32.6 Å². The molecule has 2 nitrogen and oxygen atoms in total. The van der Waals surface area contributed by atoms with E-state index in [1.807, 2.05) is 6.92 Å². The van der Waals surface area contributed by atoms with Crippen molar-refractivity contribution >= 4 is 11.3 Å². The fraction of sp³-hybridized carbons (Fsp3) is 0.769. The van der Waals surface area contributed by atoms with Crippen LogP contribution in [0.25, 0.3) is 0 Å². The first kappa shape index (κ1) is 13.7. The molecule has 1 aromatic rings. The van der Waals surface area contributed by atoms with Gasteiger partial charge in [0.2, 0.25) is 0 Å². The van der Waals surface area contributed by atoms with Crippen molar-refractivity contribution < 1.29 is 5.11 Å². The van der Waals surface area contributed by atoms with Gasteiger partial charge < -0.3 is 5.11 Å². The maximum atomic E-state index is 9.87. The molecule has 0 radical (unpaired) electrons. The second kappa shape index (κ2) is 7.02. The molecule has 0 spiro atoms. The summed E-state index contributed by atoms with van der Waals surface area (Å²) in [6, 6.07) is 0. The number of rotatable bonds is 7. The molecule has 16 heavy (non-hydrogen) atoms. The number of aliphatic hydroxyl groups is 1. The number of thiazole rings is 1. The topological polar surface area (TPSA) is 33.1 Å². The van der Waals surface area contributed by atoms with Gasteiger partial charge in [0.05, 0.1) is 16.8 Å². The Balaban J connectivity index is 2.25. The molecule has 1 N–H and O–H groups in total. The van der Waals surface area contributed by atoms with Gasteiger partial charge in [0.15, 0.2) is 0 Å². The van der Waals surface area contributed by atoms with Gasteiger partial charge in [-0.15, -0.1) is 11.3 Å². The number of aryl methyl sites for hydroxylation is 2. The second-order valence-electron chi connectivity index (χ2n) is 4.46. The number of hydrogen-bond donors (Lipinski definition) is 1. The molecule has 1 rings (SSSR count). The fourth-order valence-electron chi connectivity index (χ4n) is 1.74. The molecular weight excluding hydrogens is 218 g/mol. The lowest BCUT2D eigenvalue weighted by molar-refractivity contribution is 0.161. The maximum Gasteiger partial charge on any atom is 0.0956 e. The van der Waals surface area contributed by atoms with E-state index >= 15 is 0 Å². The minimum atomic E-state index is -0.207. The zero-order chi connectivity index (χ0) is 12.0. The predicted molar refractivity (Wildman–Crippen MR) is 70.1 cm³/mol. The molecule has 0 aliphatic heterocycles.